The first-order valence-electron chi connectivity index (χ1n) is 12.8. The smallest absolute Gasteiger partial charge is 0.264 e. The number of hydrazone groups is 1. The van der Waals surface area contributed by atoms with E-state index in [-0.39, 0.29) is 4.90 Å². The van der Waals surface area contributed by atoms with E-state index in [1.165, 1.54) is 18.3 Å². The third-order valence-corrected chi connectivity index (χ3v) is 8.96. The number of hydrogen-bond acceptors (Lipinski definition) is 5. The first-order valence-corrected chi connectivity index (χ1v) is 15.0. The number of sulfonamides is 1. The molecule has 0 fully saturated rings. The standard InChI is InChI=1S/C30H30Cl2N4O4S/c1-5-40-25-13-11-24(12-14-25)35(41(38,39)26-15-9-20(2)10-16-26)19-29(37)34-33-18-23-17-21(3)36(22(23)4)28-8-6-7-27(31)30(28)32/h6-18H,5,19H2,1-4H3,(H,34,37)/b33-18+. The summed E-state index contributed by atoms with van der Waals surface area (Å²) in [6, 6.07) is 20.3. The van der Waals surface area contributed by atoms with Crippen LogP contribution in [0.2, 0.25) is 10.0 Å². The second-order valence-corrected chi connectivity index (χ2v) is 11.9. The first-order chi connectivity index (χ1) is 19.5. The van der Waals surface area contributed by atoms with Crippen molar-refractivity contribution < 1.29 is 17.9 Å². The third-order valence-electron chi connectivity index (χ3n) is 6.37. The highest BCUT2D eigenvalue weighted by Crippen LogP contribution is 2.31. The van der Waals surface area contributed by atoms with E-state index in [1.807, 2.05) is 50.5 Å². The highest BCUT2D eigenvalue weighted by atomic mass is 35.5. The molecule has 11 heteroatoms. The topological polar surface area (TPSA) is 93.0 Å². The summed E-state index contributed by atoms with van der Waals surface area (Å²) in [6.45, 7) is 7.53. The molecule has 214 valence electrons. The van der Waals surface area contributed by atoms with Crippen LogP contribution in [0.1, 0.15) is 29.4 Å². The SMILES string of the molecule is CCOc1ccc(N(CC(=O)N/N=C/c2cc(C)n(-c3cccc(Cl)c3Cl)c2C)S(=O)(=O)c2ccc(C)cc2)cc1. The van der Waals surface area contributed by atoms with Gasteiger partial charge in [-0.2, -0.15) is 5.10 Å². The van der Waals surface area contributed by atoms with Crippen LogP contribution in [0.5, 0.6) is 5.75 Å². The van der Waals surface area contributed by atoms with Crippen LogP contribution in [0.15, 0.2) is 82.8 Å². The van der Waals surface area contributed by atoms with E-state index >= 15 is 0 Å². The molecule has 0 atom stereocenters. The van der Waals surface area contributed by atoms with Crippen LogP contribution in [-0.2, 0) is 14.8 Å². The fraction of sp³-hybridized carbons (Fsp3) is 0.200. The van der Waals surface area contributed by atoms with E-state index in [0.717, 1.165) is 32.5 Å². The number of aromatic nitrogens is 1. The minimum atomic E-state index is -4.06. The summed E-state index contributed by atoms with van der Waals surface area (Å²) >= 11 is 12.6. The fourth-order valence-corrected chi connectivity index (χ4v) is 6.12. The van der Waals surface area contributed by atoms with E-state index < -0.39 is 22.5 Å². The molecular weight excluding hydrogens is 583 g/mol. The van der Waals surface area contributed by atoms with Crippen LogP contribution < -0.4 is 14.5 Å². The van der Waals surface area contributed by atoms with Gasteiger partial charge in [0, 0.05) is 17.0 Å². The summed E-state index contributed by atoms with van der Waals surface area (Å²) in [6.07, 6.45) is 1.50. The summed E-state index contributed by atoms with van der Waals surface area (Å²) in [5, 5.41) is 4.97. The van der Waals surface area contributed by atoms with Gasteiger partial charge in [-0.05, 0) is 82.3 Å². The van der Waals surface area contributed by atoms with Crippen molar-refractivity contribution in [2.24, 2.45) is 5.10 Å². The quantitative estimate of drug-likeness (QED) is 0.164. The van der Waals surface area contributed by atoms with Crippen molar-refractivity contribution in [3.63, 3.8) is 0 Å². The highest BCUT2D eigenvalue weighted by molar-refractivity contribution is 7.92. The summed E-state index contributed by atoms with van der Waals surface area (Å²) in [5.74, 6) is -0.0211. The molecule has 4 aromatic rings. The van der Waals surface area contributed by atoms with Crippen molar-refractivity contribution in [1.82, 2.24) is 9.99 Å². The van der Waals surface area contributed by atoms with E-state index in [0.29, 0.717) is 28.1 Å². The largest absolute Gasteiger partial charge is 0.494 e. The Balaban J connectivity index is 1.57. The number of carbonyl (C=O) groups excluding carboxylic acids is 1. The van der Waals surface area contributed by atoms with Crippen molar-refractivity contribution in [3.8, 4) is 11.4 Å². The zero-order chi connectivity index (χ0) is 29.7. The monoisotopic (exact) mass is 612 g/mol. The maximum Gasteiger partial charge on any atom is 0.264 e. The lowest BCUT2D eigenvalue weighted by molar-refractivity contribution is -0.119. The molecule has 0 saturated heterocycles. The number of aryl methyl sites for hydroxylation is 2. The summed E-state index contributed by atoms with van der Waals surface area (Å²) in [5.41, 5.74) is 6.89. The van der Waals surface area contributed by atoms with E-state index in [2.05, 4.69) is 10.5 Å². The molecule has 41 heavy (non-hydrogen) atoms. The number of anilines is 1. The van der Waals surface area contributed by atoms with Crippen molar-refractivity contribution in [2.75, 3.05) is 17.5 Å². The van der Waals surface area contributed by atoms with E-state index in [4.69, 9.17) is 27.9 Å². The molecule has 4 rings (SSSR count). The molecule has 0 saturated carbocycles. The van der Waals surface area contributed by atoms with Crippen LogP contribution in [0.25, 0.3) is 5.69 Å². The second kappa shape index (κ2) is 12.8. The van der Waals surface area contributed by atoms with Gasteiger partial charge in [-0.3, -0.25) is 9.10 Å². The van der Waals surface area contributed by atoms with Gasteiger partial charge in [0.15, 0.2) is 0 Å². The number of benzene rings is 3. The van der Waals surface area contributed by atoms with Crippen molar-refractivity contribution in [3.05, 3.63) is 105 Å². The molecule has 3 aromatic carbocycles. The maximum atomic E-state index is 13.6. The Morgan fingerprint density at radius 2 is 1.71 bits per heavy atom. The minimum Gasteiger partial charge on any atom is -0.494 e. The Morgan fingerprint density at radius 1 is 1.02 bits per heavy atom. The van der Waals surface area contributed by atoms with Crippen LogP contribution in [0, 0.1) is 20.8 Å². The Bertz CT molecular complexity index is 1680. The second-order valence-electron chi connectivity index (χ2n) is 9.28. The summed E-state index contributed by atoms with van der Waals surface area (Å²) in [4.78, 5) is 13.1. The molecule has 0 spiro atoms. The number of rotatable bonds is 10. The van der Waals surface area contributed by atoms with Gasteiger partial charge in [0.1, 0.15) is 12.3 Å². The molecular formula is C30H30Cl2N4O4S. The average Bonchev–Trinajstić information content (AvgIpc) is 3.22. The first kappa shape index (κ1) is 30.2. The van der Waals surface area contributed by atoms with Gasteiger partial charge in [-0.15, -0.1) is 0 Å². The van der Waals surface area contributed by atoms with Gasteiger partial charge in [0.25, 0.3) is 15.9 Å². The maximum absolute atomic E-state index is 13.6. The van der Waals surface area contributed by atoms with Crippen molar-refractivity contribution in [2.45, 2.75) is 32.6 Å². The number of halogens is 2. The lowest BCUT2D eigenvalue weighted by atomic mass is 10.2. The Morgan fingerprint density at radius 3 is 2.37 bits per heavy atom. The molecule has 0 aliphatic carbocycles. The lowest BCUT2D eigenvalue weighted by Gasteiger charge is -2.24. The highest BCUT2D eigenvalue weighted by Gasteiger charge is 2.27. The number of amides is 1. The molecule has 0 radical (unpaired) electrons. The lowest BCUT2D eigenvalue weighted by Crippen LogP contribution is -2.39. The predicted octanol–water partition coefficient (Wildman–Crippen LogP) is 6.45. The Kier molecular flexibility index (Phi) is 9.42. The van der Waals surface area contributed by atoms with Gasteiger partial charge in [0.2, 0.25) is 0 Å². The van der Waals surface area contributed by atoms with Gasteiger partial charge in [-0.1, -0.05) is 47.0 Å². The Hall–Kier alpha value is -3.79. The van der Waals surface area contributed by atoms with Gasteiger partial charge in [0.05, 0.1) is 39.1 Å². The van der Waals surface area contributed by atoms with Crippen molar-refractivity contribution >= 4 is 51.0 Å². The van der Waals surface area contributed by atoms with E-state index in [1.54, 1.807) is 42.5 Å². The predicted molar refractivity (Wildman–Crippen MR) is 164 cm³/mol. The van der Waals surface area contributed by atoms with Gasteiger partial charge < -0.3 is 9.30 Å². The van der Waals surface area contributed by atoms with Gasteiger partial charge in [-0.25, -0.2) is 13.8 Å². The van der Waals surface area contributed by atoms with E-state index in [9.17, 15) is 13.2 Å². The molecule has 0 bridgehead atoms. The Labute approximate surface area is 250 Å². The molecule has 0 aliphatic heterocycles. The molecule has 1 aromatic heterocycles. The number of nitrogens with zero attached hydrogens (tertiary/aromatic N) is 3. The summed E-state index contributed by atoms with van der Waals surface area (Å²) in [7, 11) is -4.06. The van der Waals surface area contributed by atoms with Crippen LogP contribution in [-0.4, -0.2) is 38.3 Å². The molecule has 8 nitrogen and oxygen atoms in total. The van der Waals surface area contributed by atoms with Crippen LogP contribution in [0.3, 0.4) is 0 Å². The van der Waals surface area contributed by atoms with Crippen LogP contribution in [0.4, 0.5) is 5.69 Å². The zero-order valence-corrected chi connectivity index (χ0v) is 25.4. The summed E-state index contributed by atoms with van der Waals surface area (Å²) < 4.78 is 35.7. The molecule has 1 heterocycles. The fourth-order valence-electron chi connectivity index (χ4n) is 4.32. The number of hydrogen-bond donors (Lipinski definition) is 1. The normalized spacial score (nSPS) is 11.6. The number of carbonyl (C=O) groups is 1. The zero-order valence-electron chi connectivity index (χ0n) is 23.1. The molecule has 0 aliphatic rings. The van der Waals surface area contributed by atoms with Gasteiger partial charge >= 0.3 is 0 Å². The average molecular weight is 614 g/mol. The molecule has 1 N–H and O–H groups in total. The number of nitrogens with one attached hydrogen (secondary N) is 1. The molecule has 0 unspecified atom stereocenters. The number of ether oxygens (including phenoxy) is 1. The van der Waals surface area contributed by atoms with Crippen molar-refractivity contribution in [1.29, 1.82) is 0 Å². The van der Waals surface area contributed by atoms with Crippen LogP contribution >= 0.6 is 23.2 Å². The molecule has 1 amide bonds. The third kappa shape index (κ3) is 6.75. The minimum absolute atomic E-state index is 0.0698.